The monoisotopic (exact) mass is 394 g/mol. The maximum absolute atomic E-state index is 13.2. The number of nitrogens with zero attached hydrogens (tertiary/aromatic N) is 5. The molecule has 1 aromatic carbocycles. The van der Waals surface area contributed by atoms with Crippen molar-refractivity contribution in [2.24, 2.45) is 0 Å². The van der Waals surface area contributed by atoms with Crippen LogP contribution in [0.2, 0.25) is 0 Å². The van der Waals surface area contributed by atoms with Gasteiger partial charge in [-0.25, -0.2) is 9.97 Å². The fourth-order valence-corrected chi connectivity index (χ4v) is 4.96. The second kappa shape index (κ2) is 7.01. The molecule has 0 spiro atoms. The van der Waals surface area contributed by atoms with E-state index in [2.05, 4.69) is 31.4 Å². The highest BCUT2D eigenvalue weighted by atomic mass is 32.1. The Bertz CT molecular complexity index is 1040. The average Bonchev–Trinajstić information content (AvgIpc) is 3.17. The van der Waals surface area contributed by atoms with Gasteiger partial charge in [-0.3, -0.25) is 4.79 Å². The van der Waals surface area contributed by atoms with Gasteiger partial charge < -0.3 is 15.5 Å². The number of piperazine rings is 1. The summed E-state index contributed by atoms with van der Waals surface area (Å²) in [7, 11) is 0. The summed E-state index contributed by atoms with van der Waals surface area (Å²) >= 11 is 1.53. The van der Waals surface area contributed by atoms with Gasteiger partial charge in [-0.05, 0) is 49.3 Å². The Labute approximate surface area is 167 Å². The van der Waals surface area contributed by atoms with Crippen molar-refractivity contribution in [2.45, 2.75) is 25.7 Å². The van der Waals surface area contributed by atoms with Crippen LogP contribution in [0.3, 0.4) is 0 Å². The van der Waals surface area contributed by atoms with Crippen LogP contribution in [0, 0.1) is 0 Å². The predicted molar refractivity (Wildman–Crippen MR) is 111 cm³/mol. The molecule has 0 unspecified atom stereocenters. The lowest BCUT2D eigenvalue weighted by Crippen LogP contribution is -2.49. The van der Waals surface area contributed by atoms with E-state index in [0.717, 1.165) is 55.8 Å². The number of fused-ring (bicyclic) bond motifs is 2. The van der Waals surface area contributed by atoms with Crippen molar-refractivity contribution < 1.29 is 4.79 Å². The quantitative estimate of drug-likeness (QED) is 0.718. The molecule has 1 fully saturated rings. The first-order chi connectivity index (χ1) is 13.7. The molecule has 0 atom stereocenters. The van der Waals surface area contributed by atoms with Crippen LogP contribution in [0.15, 0.2) is 24.3 Å². The number of hydrogen-bond donors (Lipinski definition) is 1. The fourth-order valence-electron chi connectivity index (χ4n) is 4.16. The third kappa shape index (κ3) is 2.97. The zero-order valence-corrected chi connectivity index (χ0v) is 16.4. The molecule has 3 aromatic rings. The summed E-state index contributed by atoms with van der Waals surface area (Å²) in [4.78, 5) is 26.0. The maximum Gasteiger partial charge on any atom is 0.273 e. The molecule has 7 nitrogen and oxygen atoms in total. The second-order valence-electron chi connectivity index (χ2n) is 7.34. The molecule has 144 valence electrons. The number of aromatic nitrogens is 3. The van der Waals surface area contributed by atoms with Crippen molar-refractivity contribution in [3.8, 4) is 0 Å². The van der Waals surface area contributed by atoms with Gasteiger partial charge >= 0.3 is 0 Å². The van der Waals surface area contributed by atoms with E-state index < -0.39 is 0 Å². The standard InChI is InChI=1S/C20H22N6OS/c21-20-22-15-7-3-1-5-13(15)17(23-20)19(27)26-11-9-25(10-12-26)18-14-6-2-4-8-16(14)28-24-18/h2,4,6,8H,1,3,5,7,9-12H2,(H2,21,22,23). The summed E-state index contributed by atoms with van der Waals surface area (Å²) in [5, 5.41) is 1.19. The Kier molecular flexibility index (Phi) is 4.35. The van der Waals surface area contributed by atoms with Gasteiger partial charge in [-0.1, -0.05) is 12.1 Å². The number of hydrogen-bond acceptors (Lipinski definition) is 7. The first kappa shape index (κ1) is 17.4. The number of rotatable bonds is 2. The molecular weight excluding hydrogens is 372 g/mol. The molecule has 2 aliphatic rings. The zero-order chi connectivity index (χ0) is 19.1. The average molecular weight is 395 g/mol. The van der Waals surface area contributed by atoms with Gasteiger partial charge in [-0.15, -0.1) is 0 Å². The number of nitrogen functional groups attached to an aromatic ring is 1. The molecule has 1 aliphatic carbocycles. The summed E-state index contributed by atoms with van der Waals surface area (Å²) in [5.41, 5.74) is 8.34. The largest absolute Gasteiger partial charge is 0.368 e. The van der Waals surface area contributed by atoms with Crippen molar-refractivity contribution in [3.63, 3.8) is 0 Å². The summed E-state index contributed by atoms with van der Waals surface area (Å²) in [6.45, 7) is 2.84. The van der Waals surface area contributed by atoms with Crippen LogP contribution in [-0.4, -0.2) is 51.3 Å². The molecule has 8 heteroatoms. The zero-order valence-electron chi connectivity index (χ0n) is 15.6. The highest BCUT2D eigenvalue weighted by Crippen LogP contribution is 2.30. The Morgan fingerprint density at radius 2 is 1.82 bits per heavy atom. The molecule has 1 saturated heterocycles. The topological polar surface area (TPSA) is 88.2 Å². The predicted octanol–water partition coefficient (Wildman–Crippen LogP) is 2.51. The molecule has 0 radical (unpaired) electrons. The van der Waals surface area contributed by atoms with Gasteiger partial charge in [0.2, 0.25) is 5.95 Å². The highest BCUT2D eigenvalue weighted by Gasteiger charge is 2.28. The fraction of sp³-hybridized carbons (Fsp3) is 0.400. The molecule has 3 heterocycles. The smallest absolute Gasteiger partial charge is 0.273 e. The molecule has 1 amide bonds. The van der Waals surface area contributed by atoms with Crippen LogP contribution in [0.25, 0.3) is 10.1 Å². The van der Waals surface area contributed by atoms with E-state index in [9.17, 15) is 4.79 Å². The lowest BCUT2D eigenvalue weighted by molar-refractivity contribution is 0.0739. The maximum atomic E-state index is 13.2. The van der Waals surface area contributed by atoms with Gasteiger partial charge in [0.1, 0.15) is 11.5 Å². The molecule has 28 heavy (non-hydrogen) atoms. The third-order valence-electron chi connectivity index (χ3n) is 5.63. The van der Waals surface area contributed by atoms with Gasteiger partial charge in [0.05, 0.1) is 4.70 Å². The molecule has 2 aromatic heterocycles. The van der Waals surface area contributed by atoms with Crippen LogP contribution in [0.5, 0.6) is 0 Å². The van der Waals surface area contributed by atoms with E-state index >= 15 is 0 Å². The number of aryl methyl sites for hydroxylation is 1. The van der Waals surface area contributed by atoms with Crippen LogP contribution in [0.4, 0.5) is 11.8 Å². The minimum Gasteiger partial charge on any atom is -0.368 e. The summed E-state index contributed by atoms with van der Waals surface area (Å²) in [5.74, 6) is 1.21. The van der Waals surface area contributed by atoms with Gasteiger partial charge in [0.15, 0.2) is 0 Å². The molecular formula is C20H22N6OS. The number of amides is 1. The van der Waals surface area contributed by atoms with E-state index in [1.807, 2.05) is 17.0 Å². The first-order valence-corrected chi connectivity index (χ1v) is 10.5. The van der Waals surface area contributed by atoms with Crippen molar-refractivity contribution in [1.29, 1.82) is 0 Å². The number of carbonyl (C=O) groups is 1. The molecule has 0 bridgehead atoms. The molecule has 5 rings (SSSR count). The number of anilines is 2. The van der Waals surface area contributed by atoms with Gasteiger partial charge in [0.25, 0.3) is 5.91 Å². The van der Waals surface area contributed by atoms with E-state index in [1.54, 1.807) is 0 Å². The molecule has 0 saturated carbocycles. The summed E-state index contributed by atoms with van der Waals surface area (Å²) < 4.78 is 5.84. The van der Waals surface area contributed by atoms with E-state index in [4.69, 9.17) is 5.73 Å². The Balaban J connectivity index is 1.35. The lowest BCUT2D eigenvalue weighted by atomic mass is 9.94. The van der Waals surface area contributed by atoms with Crippen LogP contribution in [-0.2, 0) is 12.8 Å². The van der Waals surface area contributed by atoms with E-state index in [1.165, 1.54) is 21.6 Å². The summed E-state index contributed by atoms with van der Waals surface area (Å²) in [6.07, 6.45) is 3.91. The normalized spacial score (nSPS) is 17.0. The van der Waals surface area contributed by atoms with Crippen molar-refractivity contribution in [2.75, 3.05) is 36.8 Å². The number of carbonyl (C=O) groups excluding carboxylic acids is 1. The van der Waals surface area contributed by atoms with Crippen LogP contribution in [0.1, 0.15) is 34.6 Å². The first-order valence-electron chi connectivity index (χ1n) is 9.74. The van der Waals surface area contributed by atoms with Crippen molar-refractivity contribution in [1.82, 2.24) is 19.2 Å². The van der Waals surface area contributed by atoms with Crippen LogP contribution >= 0.6 is 11.5 Å². The number of benzene rings is 1. The second-order valence-corrected chi connectivity index (χ2v) is 8.15. The SMILES string of the molecule is Nc1nc2c(c(C(=O)N3CCN(c4nsc5ccccc45)CC3)n1)CCCC2. The lowest BCUT2D eigenvalue weighted by Gasteiger charge is -2.35. The number of nitrogens with two attached hydrogens (primary N) is 1. The minimum absolute atomic E-state index is 0.0185. The third-order valence-corrected chi connectivity index (χ3v) is 6.44. The Morgan fingerprint density at radius 1 is 1.04 bits per heavy atom. The Hall–Kier alpha value is -2.74. The molecule has 1 aliphatic heterocycles. The van der Waals surface area contributed by atoms with E-state index in [-0.39, 0.29) is 11.9 Å². The van der Waals surface area contributed by atoms with Crippen molar-refractivity contribution in [3.05, 3.63) is 41.2 Å². The molecule has 2 N–H and O–H groups in total. The van der Waals surface area contributed by atoms with Crippen LogP contribution < -0.4 is 10.6 Å². The highest BCUT2D eigenvalue weighted by molar-refractivity contribution is 7.13. The minimum atomic E-state index is -0.0185. The van der Waals surface area contributed by atoms with Crippen molar-refractivity contribution >= 4 is 39.3 Å². The van der Waals surface area contributed by atoms with Gasteiger partial charge in [0, 0.05) is 42.8 Å². The van der Waals surface area contributed by atoms with Gasteiger partial charge in [-0.2, -0.15) is 4.37 Å². The summed E-state index contributed by atoms with van der Waals surface area (Å²) in [6, 6.07) is 8.29. The Morgan fingerprint density at radius 3 is 2.68 bits per heavy atom. The van der Waals surface area contributed by atoms with E-state index in [0.29, 0.717) is 18.8 Å².